The number of carboxylic acid groups (broad SMARTS) is 1. The SMILES string of the molecule is COCCc1c(C(=O)O)nnn1CCCN(C)C. The van der Waals surface area contributed by atoms with Gasteiger partial charge in [0.15, 0.2) is 5.69 Å². The van der Waals surface area contributed by atoms with Gasteiger partial charge < -0.3 is 14.7 Å². The third-order valence-corrected chi connectivity index (χ3v) is 2.56. The molecule has 0 aliphatic carbocycles. The Hall–Kier alpha value is -1.47. The lowest BCUT2D eigenvalue weighted by molar-refractivity contribution is 0.0688. The van der Waals surface area contributed by atoms with E-state index in [0.29, 0.717) is 25.3 Å². The third-order valence-electron chi connectivity index (χ3n) is 2.56. The van der Waals surface area contributed by atoms with E-state index in [2.05, 4.69) is 15.2 Å². The highest BCUT2D eigenvalue weighted by Crippen LogP contribution is 2.08. The van der Waals surface area contributed by atoms with Gasteiger partial charge in [-0.15, -0.1) is 5.10 Å². The zero-order valence-electron chi connectivity index (χ0n) is 11.1. The fraction of sp³-hybridized carbons (Fsp3) is 0.727. The highest BCUT2D eigenvalue weighted by Gasteiger charge is 2.18. The smallest absolute Gasteiger partial charge is 0.358 e. The van der Waals surface area contributed by atoms with E-state index in [1.165, 1.54) is 0 Å². The maximum absolute atomic E-state index is 11.0. The Kier molecular flexibility index (Phi) is 5.73. The maximum atomic E-state index is 11.0. The molecule has 0 aliphatic rings. The minimum absolute atomic E-state index is 0.0249. The molecule has 1 N–H and O–H groups in total. The quantitative estimate of drug-likeness (QED) is 0.711. The van der Waals surface area contributed by atoms with E-state index >= 15 is 0 Å². The first-order valence-corrected chi connectivity index (χ1v) is 5.85. The number of carboxylic acids is 1. The molecule has 0 radical (unpaired) electrons. The van der Waals surface area contributed by atoms with Crippen LogP contribution in [-0.2, 0) is 17.7 Å². The van der Waals surface area contributed by atoms with Gasteiger partial charge in [-0.05, 0) is 27.1 Å². The van der Waals surface area contributed by atoms with Gasteiger partial charge in [-0.3, -0.25) is 0 Å². The molecule has 102 valence electrons. The average Bonchev–Trinajstić information content (AvgIpc) is 2.69. The van der Waals surface area contributed by atoms with Crippen molar-refractivity contribution in [3.8, 4) is 0 Å². The van der Waals surface area contributed by atoms with E-state index in [9.17, 15) is 4.79 Å². The number of aromatic carboxylic acids is 1. The van der Waals surface area contributed by atoms with E-state index in [4.69, 9.17) is 9.84 Å². The summed E-state index contributed by atoms with van der Waals surface area (Å²) in [7, 11) is 5.58. The van der Waals surface area contributed by atoms with Crippen molar-refractivity contribution in [1.29, 1.82) is 0 Å². The molecule has 0 saturated heterocycles. The van der Waals surface area contributed by atoms with Crippen molar-refractivity contribution in [1.82, 2.24) is 19.9 Å². The van der Waals surface area contributed by atoms with Crippen molar-refractivity contribution >= 4 is 5.97 Å². The van der Waals surface area contributed by atoms with Crippen molar-refractivity contribution in [3.05, 3.63) is 11.4 Å². The fourth-order valence-corrected chi connectivity index (χ4v) is 1.66. The van der Waals surface area contributed by atoms with Crippen LogP contribution in [0.1, 0.15) is 22.6 Å². The first-order chi connectivity index (χ1) is 8.56. The van der Waals surface area contributed by atoms with Crippen LogP contribution in [0.15, 0.2) is 0 Å². The molecule has 7 heteroatoms. The fourth-order valence-electron chi connectivity index (χ4n) is 1.66. The molecule has 0 aliphatic heterocycles. The molecular formula is C11H20N4O3. The zero-order chi connectivity index (χ0) is 13.5. The molecule has 0 aromatic carbocycles. The van der Waals surface area contributed by atoms with Crippen molar-refractivity contribution < 1.29 is 14.6 Å². The number of hydrogen-bond donors (Lipinski definition) is 1. The van der Waals surface area contributed by atoms with Crippen LogP contribution in [0.4, 0.5) is 0 Å². The average molecular weight is 256 g/mol. The van der Waals surface area contributed by atoms with Gasteiger partial charge in [0.1, 0.15) is 0 Å². The van der Waals surface area contributed by atoms with Crippen molar-refractivity contribution in [2.45, 2.75) is 19.4 Å². The van der Waals surface area contributed by atoms with Crippen LogP contribution in [0, 0.1) is 0 Å². The van der Waals surface area contributed by atoms with Crippen LogP contribution in [-0.4, -0.2) is 65.3 Å². The second-order valence-corrected chi connectivity index (χ2v) is 4.31. The first-order valence-electron chi connectivity index (χ1n) is 5.85. The summed E-state index contributed by atoms with van der Waals surface area (Å²) in [6.45, 7) is 2.05. The van der Waals surface area contributed by atoms with Crippen LogP contribution in [0.5, 0.6) is 0 Å². The van der Waals surface area contributed by atoms with E-state index < -0.39 is 5.97 Å². The molecule has 0 bridgehead atoms. The Morgan fingerprint density at radius 3 is 2.78 bits per heavy atom. The second-order valence-electron chi connectivity index (χ2n) is 4.31. The van der Waals surface area contributed by atoms with Gasteiger partial charge in [-0.1, -0.05) is 5.21 Å². The van der Waals surface area contributed by atoms with E-state index in [-0.39, 0.29) is 5.69 Å². The number of hydrogen-bond acceptors (Lipinski definition) is 5. The molecule has 18 heavy (non-hydrogen) atoms. The molecule has 0 atom stereocenters. The lowest BCUT2D eigenvalue weighted by Gasteiger charge is -2.10. The zero-order valence-corrected chi connectivity index (χ0v) is 11.1. The number of aromatic nitrogens is 3. The summed E-state index contributed by atoms with van der Waals surface area (Å²) in [4.78, 5) is 13.1. The summed E-state index contributed by atoms with van der Waals surface area (Å²) < 4.78 is 6.64. The van der Waals surface area contributed by atoms with Gasteiger partial charge in [-0.25, -0.2) is 9.48 Å². The van der Waals surface area contributed by atoms with Crippen LogP contribution >= 0.6 is 0 Å². The molecule has 7 nitrogen and oxygen atoms in total. The lowest BCUT2D eigenvalue weighted by atomic mass is 10.2. The summed E-state index contributed by atoms with van der Waals surface area (Å²) in [5.74, 6) is -1.04. The Balaban J connectivity index is 2.73. The molecule has 0 fully saturated rings. The van der Waals surface area contributed by atoms with Gasteiger partial charge in [-0.2, -0.15) is 0 Å². The van der Waals surface area contributed by atoms with Gasteiger partial charge in [0.05, 0.1) is 12.3 Å². The summed E-state index contributed by atoms with van der Waals surface area (Å²) in [5.41, 5.74) is 0.653. The Morgan fingerprint density at radius 1 is 1.50 bits per heavy atom. The second kappa shape index (κ2) is 7.07. The van der Waals surface area contributed by atoms with Crippen LogP contribution in [0.2, 0.25) is 0 Å². The predicted molar refractivity (Wildman–Crippen MR) is 65.7 cm³/mol. The highest BCUT2D eigenvalue weighted by atomic mass is 16.5. The number of nitrogens with zero attached hydrogens (tertiary/aromatic N) is 4. The lowest BCUT2D eigenvalue weighted by Crippen LogP contribution is -2.17. The molecular weight excluding hydrogens is 236 g/mol. The molecule has 0 saturated carbocycles. The Bertz CT molecular complexity index is 390. The van der Waals surface area contributed by atoms with Gasteiger partial charge >= 0.3 is 5.97 Å². The third kappa shape index (κ3) is 4.08. The van der Waals surface area contributed by atoms with Crippen LogP contribution in [0.3, 0.4) is 0 Å². The molecule has 0 amide bonds. The Morgan fingerprint density at radius 2 is 2.22 bits per heavy atom. The largest absolute Gasteiger partial charge is 0.476 e. The maximum Gasteiger partial charge on any atom is 0.358 e. The number of carbonyl (C=O) groups is 1. The summed E-state index contributed by atoms with van der Waals surface area (Å²) in [6.07, 6.45) is 1.41. The van der Waals surface area contributed by atoms with Crippen LogP contribution < -0.4 is 0 Å². The number of methoxy groups -OCH3 is 1. The standard InChI is InChI=1S/C11H20N4O3/c1-14(2)6-4-7-15-9(5-8-18-3)10(11(16)17)12-13-15/h4-8H2,1-3H3,(H,16,17). The molecule has 1 aromatic heterocycles. The summed E-state index contributed by atoms with van der Waals surface area (Å²) in [5, 5.41) is 16.6. The Labute approximate surface area is 106 Å². The molecule has 0 unspecified atom stereocenters. The topological polar surface area (TPSA) is 80.5 Å². The monoisotopic (exact) mass is 256 g/mol. The predicted octanol–water partition coefficient (Wildman–Crippen LogP) is 0.117. The van der Waals surface area contributed by atoms with Gasteiger partial charge in [0.25, 0.3) is 0 Å². The molecule has 1 rings (SSSR count). The van der Waals surface area contributed by atoms with E-state index in [1.54, 1.807) is 11.8 Å². The van der Waals surface area contributed by atoms with Crippen molar-refractivity contribution in [2.75, 3.05) is 34.4 Å². The minimum Gasteiger partial charge on any atom is -0.476 e. The summed E-state index contributed by atoms with van der Waals surface area (Å²) in [6, 6.07) is 0. The number of aryl methyl sites for hydroxylation is 1. The number of ether oxygens (including phenoxy) is 1. The minimum atomic E-state index is -1.04. The molecule has 0 spiro atoms. The summed E-state index contributed by atoms with van der Waals surface area (Å²) >= 11 is 0. The van der Waals surface area contributed by atoms with E-state index in [0.717, 1.165) is 13.0 Å². The highest BCUT2D eigenvalue weighted by molar-refractivity contribution is 5.86. The number of rotatable bonds is 8. The van der Waals surface area contributed by atoms with E-state index in [1.807, 2.05) is 14.1 Å². The van der Waals surface area contributed by atoms with Crippen molar-refractivity contribution in [2.24, 2.45) is 0 Å². The molecule has 1 heterocycles. The first kappa shape index (κ1) is 14.6. The van der Waals surface area contributed by atoms with Gasteiger partial charge in [0, 0.05) is 20.1 Å². The van der Waals surface area contributed by atoms with Gasteiger partial charge in [0.2, 0.25) is 0 Å². The van der Waals surface area contributed by atoms with Crippen molar-refractivity contribution in [3.63, 3.8) is 0 Å². The van der Waals surface area contributed by atoms with Crippen LogP contribution in [0.25, 0.3) is 0 Å². The molecule has 1 aromatic rings. The normalized spacial score (nSPS) is 11.1.